The fraction of sp³-hybridized carbons (Fsp3) is 0.429. The van der Waals surface area contributed by atoms with E-state index in [0.717, 1.165) is 0 Å². The predicted octanol–water partition coefficient (Wildman–Crippen LogP) is 2.18. The first-order valence-electron chi connectivity index (χ1n) is 6.45. The maximum atomic E-state index is 13.7. The summed E-state index contributed by atoms with van der Waals surface area (Å²) in [7, 11) is 1.49. The first-order valence-corrected chi connectivity index (χ1v) is 6.45. The van der Waals surface area contributed by atoms with Crippen molar-refractivity contribution in [2.24, 2.45) is 5.92 Å². The van der Waals surface area contributed by atoms with E-state index in [-0.39, 0.29) is 11.7 Å². The molecule has 1 fully saturated rings. The number of para-hydroxylation sites is 1. The van der Waals surface area contributed by atoms with Crippen molar-refractivity contribution in [1.82, 2.24) is 4.90 Å². The van der Waals surface area contributed by atoms with Crippen LogP contribution in [0.4, 0.5) is 14.9 Å². The van der Waals surface area contributed by atoms with Gasteiger partial charge in [-0.15, -0.1) is 0 Å². The highest BCUT2D eigenvalue weighted by Gasteiger charge is 2.39. The van der Waals surface area contributed by atoms with Gasteiger partial charge in [-0.05, 0) is 25.5 Å². The molecule has 1 aliphatic rings. The first-order chi connectivity index (χ1) is 9.43. The average Bonchev–Trinajstić information content (AvgIpc) is 2.79. The van der Waals surface area contributed by atoms with Gasteiger partial charge in [-0.1, -0.05) is 12.1 Å². The molecule has 0 radical (unpaired) electrons. The summed E-state index contributed by atoms with van der Waals surface area (Å²) in [5.74, 6) is -1.95. The zero-order chi connectivity index (χ0) is 14.9. The fourth-order valence-electron chi connectivity index (χ4n) is 2.56. The Bertz CT molecular complexity index is 535. The van der Waals surface area contributed by atoms with Gasteiger partial charge in [0.05, 0.1) is 11.6 Å². The minimum atomic E-state index is -0.902. The zero-order valence-corrected chi connectivity index (χ0v) is 11.4. The van der Waals surface area contributed by atoms with Crippen LogP contribution in [0.15, 0.2) is 24.3 Å². The van der Waals surface area contributed by atoms with Gasteiger partial charge in [0, 0.05) is 19.6 Å². The fourth-order valence-corrected chi connectivity index (χ4v) is 2.56. The number of halogens is 1. The number of aliphatic carboxylic acids is 1. The molecule has 0 spiro atoms. The number of amides is 2. The molecule has 1 heterocycles. The van der Waals surface area contributed by atoms with Crippen molar-refractivity contribution in [2.45, 2.75) is 19.4 Å². The maximum absolute atomic E-state index is 13.7. The lowest BCUT2D eigenvalue weighted by Gasteiger charge is -2.28. The lowest BCUT2D eigenvalue weighted by molar-refractivity contribution is -0.142. The Morgan fingerprint density at radius 1 is 1.40 bits per heavy atom. The van der Waals surface area contributed by atoms with E-state index in [9.17, 15) is 14.0 Å². The molecular formula is C14H17FN2O3. The molecule has 2 rings (SSSR count). The van der Waals surface area contributed by atoms with E-state index in [1.165, 1.54) is 29.0 Å². The zero-order valence-electron chi connectivity index (χ0n) is 11.4. The van der Waals surface area contributed by atoms with E-state index < -0.39 is 23.7 Å². The van der Waals surface area contributed by atoms with Crippen LogP contribution in [0.25, 0.3) is 0 Å². The molecule has 1 saturated heterocycles. The summed E-state index contributed by atoms with van der Waals surface area (Å²) in [6, 6.07) is 5.22. The van der Waals surface area contributed by atoms with E-state index in [4.69, 9.17) is 5.11 Å². The van der Waals surface area contributed by atoms with Gasteiger partial charge in [0.1, 0.15) is 5.82 Å². The van der Waals surface area contributed by atoms with Crippen LogP contribution in [-0.2, 0) is 4.79 Å². The van der Waals surface area contributed by atoms with Crippen molar-refractivity contribution in [3.05, 3.63) is 30.1 Å². The van der Waals surface area contributed by atoms with E-state index in [2.05, 4.69) is 0 Å². The van der Waals surface area contributed by atoms with Crippen LogP contribution in [0.2, 0.25) is 0 Å². The Morgan fingerprint density at radius 3 is 2.60 bits per heavy atom. The second-order valence-electron chi connectivity index (χ2n) is 4.96. The van der Waals surface area contributed by atoms with Gasteiger partial charge in [-0.25, -0.2) is 9.18 Å². The molecule has 0 bridgehead atoms. The van der Waals surface area contributed by atoms with Crippen LogP contribution in [0.3, 0.4) is 0 Å². The summed E-state index contributed by atoms with van der Waals surface area (Å²) in [6.07, 6.45) is 0.424. The molecule has 2 atom stereocenters. The van der Waals surface area contributed by atoms with E-state index in [0.29, 0.717) is 13.0 Å². The first kappa shape index (κ1) is 14.3. The summed E-state index contributed by atoms with van der Waals surface area (Å²) in [5, 5.41) is 9.07. The van der Waals surface area contributed by atoms with Gasteiger partial charge in [-0.3, -0.25) is 9.69 Å². The third-order valence-electron chi connectivity index (χ3n) is 3.82. The van der Waals surface area contributed by atoms with Gasteiger partial charge in [0.15, 0.2) is 0 Å². The minimum absolute atomic E-state index is 0.184. The van der Waals surface area contributed by atoms with Crippen molar-refractivity contribution in [1.29, 1.82) is 0 Å². The number of carbonyl (C=O) groups is 2. The molecule has 0 saturated carbocycles. The highest BCUT2D eigenvalue weighted by atomic mass is 19.1. The molecule has 108 valence electrons. The second-order valence-corrected chi connectivity index (χ2v) is 4.96. The number of likely N-dealkylation sites (tertiary alicyclic amines) is 1. The van der Waals surface area contributed by atoms with Gasteiger partial charge < -0.3 is 10.0 Å². The Kier molecular flexibility index (Phi) is 3.92. The highest BCUT2D eigenvalue weighted by Crippen LogP contribution is 2.27. The van der Waals surface area contributed by atoms with Crippen LogP contribution >= 0.6 is 0 Å². The van der Waals surface area contributed by atoms with E-state index >= 15 is 0 Å². The van der Waals surface area contributed by atoms with Crippen LogP contribution < -0.4 is 4.90 Å². The summed E-state index contributed by atoms with van der Waals surface area (Å²) in [4.78, 5) is 26.1. The third-order valence-corrected chi connectivity index (χ3v) is 3.82. The molecule has 6 heteroatoms. The van der Waals surface area contributed by atoms with Crippen molar-refractivity contribution in [2.75, 3.05) is 18.5 Å². The third kappa shape index (κ3) is 2.45. The SMILES string of the molecule is CC1C(C(=O)O)CCN1C(=O)N(C)c1ccccc1F. The number of carboxylic acids is 1. The number of nitrogens with zero attached hydrogens (tertiary/aromatic N) is 2. The largest absolute Gasteiger partial charge is 0.481 e. The number of carboxylic acid groups (broad SMARTS) is 1. The molecule has 1 aromatic carbocycles. The molecule has 1 aromatic rings. The monoisotopic (exact) mass is 280 g/mol. The van der Waals surface area contributed by atoms with Gasteiger partial charge in [0.2, 0.25) is 0 Å². The number of hydrogen-bond donors (Lipinski definition) is 1. The molecule has 20 heavy (non-hydrogen) atoms. The van der Waals surface area contributed by atoms with E-state index in [1.807, 2.05) is 0 Å². The molecule has 2 unspecified atom stereocenters. The van der Waals surface area contributed by atoms with Crippen molar-refractivity contribution < 1.29 is 19.1 Å². The lowest BCUT2D eigenvalue weighted by Crippen LogP contribution is -2.45. The highest BCUT2D eigenvalue weighted by molar-refractivity contribution is 5.92. The van der Waals surface area contributed by atoms with Crippen molar-refractivity contribution >= 4 is 17.7 Å². The van der Waals surface area contributed by atoms with E-state index in [1.54, 1.807) is 19.1 Å². The summed E-state index contributed by atoms with van der Waals surface area (Å²) < 4.78 is 13.7. The standard InChI is InChI=1S/C14H17FN2O3/c1-9-10(13(18)19)7-8-17(9)14(20)16(2)12-6-4-3-5-11(12)15/h3-6,9-10H,7-8H2,1-2H3,(H,18,19). The number of anilines is 1. The van der Waals surface area contributed by atoms with Gasteiger partial charge >= 0.3 is 12.0 Å². The molecule has 5 nitrogen and oxygen atoms in total. The Labute approximate surface area is 116 Å². The molecule has 1 N–H and O–H groups in total. The predicted molar refractivity (Wildman–Crippen MR) is 72.1 cm³/mol. The number of hydrogen-bond acceptors (Lipinski definition) is 2. The van der Waals surface area contributed by atoms with Crippen LogP contribution in [-0.4, -0.2) is 41.6 Å². The molecule has 1 aliphatic heterocycles. The Balaban J connectivity index is 2.16. The van der Waals surface area contributed by atoms with Crippen LogP contribution in [0.1, 0.15) is 13.3 Å². The number of urea groups is 1. The van der Waals surface area contributed by atoms with Gasteiger partial charge in [-0.2, -0.15) is 0 Å². The molecular weight excluding hydrogens is 263 g/mol. The second kappa shape index (κ2) is 5.48. The molecule has 0 aromatic heterocycles. The average molecular weight is 280 g/mol. The normalized spacial score (nSPS) is 21.9. The quantitative estimate of drug-likeness (QED) is 0.903. The molecule has 0 aliphatic carbocycles. The minimum Gasteiger partial charge on any atom is -0.481 e. The number of carbonyl (C=O) groups excluding carboxylic acids is 1. The number of rotatable bonds is 2. The van der Waals surface area contributed by atoms with Crippen LogP contribution in [0.5, 0.6) is 0 Å². The topological polar surface area (TPSA) is 60.9 Å². The lowest BCUT2D eigenvalue weighted by atomic mass is 10.0. The molecule has 2 amide bonds. The van der Waals surface area contributed by atoms with Gasteiger partial charge in [0.25, 0.3) is 0 Å². The summed E-state index contributed by atoms with van der Waals surface area (Å²) >= 11 is 0. The van der Waals surface area contributed by atoms with Crippen molar-refractivity contribution in [3.8, 4) is 0 Å². The summed E-state index contributed by atoms with van der Waals surface area (Å²) in [6.45, 7) is 2.08. The number of benzene rings is 1. The summed E-state index contributed by atoms with van der Waals surface area (Å²) in [5.41, 5.74) is 0.184. The Hall–Kier alpha value is -2.11. The smallest absolute Gasteiger partial charge is 0.324 e. The Morgan fingerprint density at radius 2 is 2.05 bits per heavy atom. The van der Waals surface area contributed by atoms with Crippen LogP contribution in [0, 0.1) is 11.7 Å². The van der Waals surface area contributed by atoms with Crippen molar-refractivity contribution in [3.63, 3.8) is 0 Å². The maximum Gasteiger partial charge on any atom is 0.324 e.